The molecule has 0 aliphatic carbocycles. The van der Waals surface area contributed by atoms with E-state index in [2.05, 4.69) is 0 Å². The van der Waals surface area contributed by atoms with Crippen molar-refractivity contribution in [3.8, 4) is 0 Å². The van der Waals surface area contributed by atoms with Gasteiger partial charge in [0, 0.05) is 0 Å². The molecule has 0 atom stereocenters. The summed E-state index contributed by atoms with van der Waals surface area (Å²) >= 11 is 0. The van der Waals surface area contributed by atoms with Gasteiger partial charge in [-0.3, -0.25) is 19.2 Å². The largest absolute Gasteiger partial charge is 0.481 e. The van der Waals surface area contributed by atoms with Crippen LogP contribution >= 0.6 is 0 Å². The van der Waals surface area contributed by atoms with Crippen molar-refractivity contribution in [1.29, 1.82) is 0 Å². The molecule has 0 aromatic carbocycles. The zero-order valence-electron chi connectivity index (χ0n) is 6.26. The third kappa shape index (κ3) is 3.32. The molecule has 0 heterocycles. The Labute approximate surface area is 71.6 Å². The van der Waals surface area contributed by atoms with Gasteiger partial charge in [-0.05, 0) is 0 Å². The standard InChI is InChI=1S/C6H6O7/c7-2(1-3(8)9)4(5(10)11)6(12)13/h4H,1H2,(H,8,9)(H,10,11)(H,12,13). The SMILES string of the molecule is O=C(O)CC(=O)C(C(=O)O)C(=O)O. The van der Waals surface area contributed by atoms with Gasteiger partial charge in [-0.25, -0.2) is 0 Å². The first kappa shape index (κ1) is 11.1. The maximum atomic E-state index is 10.7. The predicted molar refractivity (Wildman–Crippen MR) is 36.0 cm³/mol. The van der Waals surface area contributed by atoms with Crippen LogP contribution in [-0.4, -0.2) is 39.0 Å². The second-order valence-corrected chi connectivity index (χ2v) is 2.15. The van der Waals surface area contributed by atoms with E-state index in [-0.39, 0.29) is 0 Å². The lowest BCUT2D eigenvalue weighted by Gasteiger charge is -2.02. The zero-order valence-corrected chi connectivity index (χ0v) is 6.26. The fraction of sp³-hybridized carbons (Fsp3) is 0.333. The summed E-state index contributed by atoms with van der Waals surface area (Å²) in [4.78, 5) is 41.0. The van der Waals surface area contributed by atoms with E-state index in [1.54, 1.807) is 0 Å². The number of carboxylic acid groups (broad SMARTS) is 3. The minimum Gasteiger partial charge on any atom is -0.481 e. The van der Waals surface area contributed by atoms with Gasteiger partial charge in [0.25, 0.3) is 0 Å². The van der Waals surface area contributed by atoms with Crippen LogP contribution in [0, 0.1) is 5.92 Å². The number of carbonyl (C=O) groups excluding carboxylic acids is 1. The Kier molecular flexibility index (Phi) is 3.57. The summed E-state index contributed by atoms with van der Waals surface area (Å²) in [6.45, 7) is 0. The molecule has 0 amide bonds. The first-order chi connectivity index (χ1) is 5.86. The Balaban J connectivity index is 4.57. The molecule has 7 nitrogen and oxygen atoms in total. The lowest BCUT2D eigenvalue weighted by Crippen LogP contribution is -2.32. The fourth-order valence-corrected chi connectivity index (χ4v) is 0.632. The predicted octanol–water partition coefficient (Wildman–Crippen LogP) is -1.18. The van der Waals surface area contributed by atoms with Gasteiger partial charge in [0.2, 0.25) is 5.92 Å². The summed E-state index contributed by atoms with van der Waals surface area (Å²) in [5.41, 5.74) is 0. The van der Waals surface area contributed by atoms with Gasteiger partial charge in [-0.2, -0.15) is 0 Å². The molecule has 0 aromatic heterocycles. The Bertz CT molecular complexity index is 252. The van der Waals surface area contributed by atoms with Gasteiger partial charge >= 0.3 is 17.9 Å². The van der Waals surface area contributed by atoms with E-state index in [0.29, 0.717) is 0 Å². The monoisotopic (exact) mass is 190 g/mol. The lowest BCUT2D eigenvalue weighted by molar-refractivity contribution is -0.158. The molecular formula is C6H6O7. The minimum atomic E-state index is -2.30. The topological polar surface area (TPSA) is 129 Å². The van der Waals surface area contributed by atoms with Gasteiger partial charge in [0.15, 0.2) is 5.78 Å². The number of carbonyl (C=O) groups is 4. The fourth-order valence-electron chi connectivity index (χ4n) is 0.632. The van der Waals surface area contributed by atoms with E-state index >= 15 is 0 Å². The van der Waals surface area contributed by atoms with Gasteiger partial charge in [-0.1, -0.05) is 0 Å². The average molecular weight is 190 g/mol. The summed E-state index contributed by atoms with van der Waals surface area (Å²) < 4.78 is 0. The van der Waals surface area contributed by atoms with Crippen LogP contribution < -0.4 is 0 Å². The molecule has 0 spiro atoms. The smallest absolute Gasteiger partial charge is 0.325 e. The second-order valence-electron chi connectivity index (χ2n) is 2.15. The number of hydrogen-bond acceptors (Lipinski definition) is 4. The number of Topliss-reactive ketones (excluding diaryl/α,β-unsaturated/α-hetero) is 1. The molecule has 0 rings (SSSR count). The molecular weight excluding hydrogens is 184 g/mol. The number of hydrogen-bond donors (Lipinski definition) is 3. The number of ketones is 1. The van der Waals surface area contributed by atoms with Gasteiger partial charge < -0.3 is 15.3 Å². The number of carboxylic acids is 3. The summed E-state index contributed by atoms with van der Waals surface area (Å²) in [5.74, 6) is -8.93. The summed E-state index contributed by atoms with van der Waals surface area (Å²) in [6.07, 6.45) is -1.11. The van der Waals surface area contributed by atoms with Crippen LogP contribution in [0.1, 0.15) is 6.42 Å². The third-order valence-electron chi connectivity index (χ3n) is 1.14. The Hall–Kier alpha value is -1.92. The van der Waals surface area contributed by atoms with Gasteiger partial charge in [0.05, 0.1) is 0 Å². The molecule has 0 radical (unpaired) electrons. The Morgan fingerprint density at radius 3 is 1.54 bits per heavy atom. The van der Waals surface area contributed by atoms with E-state index < -0.39 is 36.0 Å². The third-order valence-corrected chi connectivity index (χ3v) is 1.14. The molecule has 0 bridgehead atoms. The maximum absolute atomic E-state index is 10.7. The number of rotatable bonds is 5. The van der Waals surface area contributed by atoms with Crippen molar-refractivity contribution in [1.82, 2.24) is 0 Å². The summed E-state index contributed by atoms with van der Waals surface area (Å²) in [7, 11) is 0. The van der Waals surface area contributed by atoms with E-state index in [9.17, 15) is 19.2 Å². The highest BCUT2D eigenvalue weighted by Gasteiger charge is 2.34. The molecule has 72 valence electrons. The van der Waals surface area contributed by atoms with Crippen LogP contribution in [0.5, 0.6) is 0 Å². The second kappa shape index (κ2) is 4.19. The van der Waals surface area contributed by atoms with Crippen molar-refractivity contribution in [2.45, 2.75) is 6.42 Å². The zero-order chi connectivity index (χ0) is 10.6. The van der Waals surface area contributed by atoms with Crippen molar-refractivity contribution in [3.63, 3.8) is 0 Å². The molecule has 3 N–H and O–H groups in total. The van der Waals surface area contributed by atoms with Crippen molar-refractivity contribution < 1.29 is 34.5 Å². The lowest BCUT2D eigenvalue weighted by atomic mass is 10.0. The molecule has 0 aliphatic heterocycles. The van der Waals surface area contributed by atoms with Crippen LogP contribution in [0.3, 0.4) is 0 Å². The summed E-state index contributed by atoms with van der Waals surface area (Å²) in [5, 5.41) is 24.6. The maximum Gasteiger partial charge on any atom is 0.325 e. The molecule has 0 aromatic rings. The quantitative estimate of drug-likeness (QED) is 0.465. The van der Waals surface area contributed by atoms with Crippen molar-refractivity contribution in [2.24, 2.45) is 5.92 Å². The first-order valence-corrected chi connectivity index (χ1v) is 3.06. The number of aliphatic carboxylic acids is 3. The van der Waals surface area contributed by atoms with Crippen molar-refractivity contribution in [3.05, 3.63) is 0 Å². The van der Waals surface area contributed by atoms with E-state index in [1.807, 2.05) is 0 Å². The molecule has 0 fully saturated rings. The molecule has 0 aliphatic rings. The Morgan fingerprint density at radius 2 is 1.31 bits per heavy atom. The highest BCUT2D eigenvalue weighted by atomic mass is 16.4. The highest BCUT2D eigenvalue weighted by Crippen LogP contribution is 2.02. The van der Waals surface area contributed by atoms with Crippen LogP contribution in [0.15, 0.2) is 0 Å². The van der Waals surface area contributed by atoms with Crippen LogP contribution in [-0.2, 0) is 19.2 Å². The van der Waals surface area contributed by atoms with E-state index in [4.69, 9.17) is 15.3 Å². The highest BCUT2D eigenvalue weighted by molar-refractivity contribution is 6.17. The average Bonchev–Trinajstić information content (AvgIpc) is 1.81. The Morgan fingerprint density at radius 1 is 0.923 bits per heavy atom. The molecule has 0 unspecified atom stereocenters. The van der Waals surface area contributed by atoms with Crippen LogP contribution in [0.25, 0.3) is 0 Å². The first-order valence-electron chi connectivity index (χ1n) is 3.06. The molecule has 0 saturated carbocycles. The summed E-state index contributed by atoms with van der Waals surface area (Å²) in [6, 6.07) is 0. The van der Waals surface area contributed by atoms with E-state index in [0.717, 1.165) is 0 Å². The van der Waals surface area contributed by atoms with Crippen molar-refractivity contribution >= 4 is 23.7 Å². The van der Waals surface area contributed by atoms with Gasteiger partial charge in [0.1, 0.15) is 6.42 Å². The van der Waals surface area contributed by atoms with Gasteiger partial charge in [-0.15, -0.1) is 0 Å². The molecule has 7 heteroatoms. The normalized spacial score (nSPS) is 9.62. The molecule has 0 saturated heterocycles. The van der Waals surface area contributed by atoms with E-state index in [1.165, 1.54) is 0 Å². The van der Waals surface area contributed by atoms with Crippen LogP contribution in [0.4, 0.5) is 0 Å². The minimum absolute atomic E-state index is 1.11. The van der Waals surface area contributed by atoms with Crippen LogP contribution in [0.2, 0.25) is 0 Å². The van der Waals surface area contributed by atoms with Crippen molar-refractivity contribution in [2.75, 3.05) is 0 Å². The molecule has 13 heavy (non-hydrogen) atoms.